The van der Waals surface area contributed by atoms with Crippen molar-refractivity contribution in [2.75, 3.05) is 18.4 Å². The Kier molecular flexibility index (Phi) is 4.09. The van der Waals surface area contributed by atoms with E-state index in [9.17, 15) is 4.79 Å². The number of aryl methyl sites for hydroxylation is 1. The highest BCUT2D eigenvalue weighted by atomic mass is 16.3. The molecule has 1 unspecified atom stereocenters. The van der Waals surface area contributed by atoms with Gasteiger partial charge in [0.05, 0.1) is 11.9 Å². The highest BCUT2D eigenvalue weighted by molar-refractivity contribution is 6.07. The van der Waals surface area contributed by atoms with E-state index in [0.29, 0.717) is 17.0 Å². The summed E-state index contributed by atoms with van der Waals surface area (Å²) >= 11 is 0. The van der Waals surface area contributed by atoms with Crippen molar-refractivity contribution in [1.29, 1.82) is 5.41 Å². The quantitative estimate of drug-likeness (QED) is 0.561. The zero-order chi connectivity index (χ0) is 19.1. The van der Waals surface area contributed by atoms with Crippen LogP contribution in [0.4, 0.5) is 11.4 Å². The normalized spacial score (nSPS) is 18.4. The number of nitrogens with zero attached hydrogens (tertiary/aromatic N) is 1. The molecule has 142 valence electrons. The maximum atomic E-state index is 12.9. The number of carbonyl (C=O) groups is 1. The molecule has 0 bridgehead atoms. The molecule has 1 saturated heterocycles. The van der Waals surface area contributed by atoms with E-state index in [2.05, 4.69) is 27.0 Å². The third-order valence-corrected chi connectivity index (χ3v) is 5.44. The van der Waals surface area contributed by atoms with E-state index in [1.54, 1.807) is 12.4 Å². The van der Waals surface area contributed by atoms with Gasteiger partial charge in [-0.25, -0.2) is 0 Å². The monoisotopic (exact) mass is 375 g/mol. The molecule has 1 amide bonds. The molecule has 7 nitrogen and oxygen atoms in total. The van der Waals surface area contributed by atoms with E-state index in [0.717, 1.165) is 54.6 Å². The first-order chi connectivity index (χ1) is 13.7. The van der Waals surface area contributed by atoms with Gasteiger partial charge in [-0.3, -0.25) is 9.78 Å². The van der Waals surface area contributed by atoms with Gasteiger partial charge in [0.1, 0.15) is 0 Å². The van der Waals surface area contributed by atoms with Gasteiger partial charge in [0.25, 0.3) is 5.91 Å². The molecule has 3 aromatic rings. The standard InChI is InChI=1S/C21H21N5O2/c22-17-4-1-12-9-13(2-3-15(12)17)25-19-16-6-8-24-11-18(16)28-20(19)21(27)26-14-5-7-23-10-14/h2-3,6,8-9,11,14,22-23,25H,1,4-5,7,10H2,(H,26,27). The molecular formula is C21H21N5O2. The lowest BCUT2D eigenvalue weighted by atomic mass is 10.1. The topological polar surface area (TPSA) is 103 Å². The highest BCUT2D eigenvalue weighted by Gasteiger charge is 2.25. The fourth-order valence-electron chi connectivity index (χ4n) is 3.98. The minimum Gasteiger partial charge on any atom is -0.447 e. The van der Waals surface area contributed by atoms with Gasteiger partial charge in [-0.2, -0.15) is 0 Å². The van der Waals surface area contributed by atoms with Gasteiger partial charge in [0.2, 0.25) is 5.76 Å². The van der Waals surface area contributed by atoms with Crippen molar-refractivity contribution in [3.63, 3.8) is 0 Å². The predicted octanol–water partition coefficient (Wildman–Crippen LogP) is 2.98. The third kappa shape index (κ3) is 2.93. The molecule has 28 heavy (non-hydrogen) atoms. The number of rotatable bonds is 4. The smallest absolute Gasteiger partial charge is 0.289 e. The Balaban J connectivity index is 1.50. The number of carbonyl (C=O) groups excluding carboxylic acids is 1. The minimum atomic E-state index is -0.227. The second kappa shape index (κ2) is 6.76. The fourth-order valence-corrected chi connectivity index (χ4v) is 3.98. The highest BCUT2D eigenvalue weighted by Crippen LogP contribution is 2.34. The van der Waals surface area contributed by atoms with Crippen molar-refractivity contribution in [3.8, 4) is 0 Å². The third-order valence-electron chi connectivity index (χ3n) is 5.44. The van der Waals surface area contributed by atoms with E-state index >= 15 is 0 Å². The zero-order valence-corrected chi connectivity index (χ0v) is 15.3. The number of hydrogen-bond donors (Lipinski definition) is 4. The van der Waals surface area contributed by atoms with Crippen molar-refractivity contribution in [2.24, 2.45) is 0 Å². The number of benzene rings is 1. The van der Waals surface area contributed by atoms with Gasteiger partial charge in [0.15, 0.2) is 5.58 Å². The predicted molar refractivity (Wildman–Crippen MR) is 108 cm³/mol. The average molecular weight is 375 g/mol. The fraction of sp³-hybridized carbons (Fsp3) is 0.286. The van der Waals surface area contributed by atoms with E-state index in [-0.39, 0.29) is 17.7 Å². The summed E-state index contributed by atoms with van der Waals surface area (Å²) in [6, 6.07) is 7.93. The van der Waals surface area contributed by atoms with Crippen molar-refractivity contribution in [1.82, 2.24) is 15.6 Å². The Morgan fingerprint density at radius 1 is 1.29 bits per heavy atom. The van der Waals surface area contributed by atoms with Crippen LogP contribution < -0.4 is 16.0 Å². The van der Waals surface area contributed by atoms with Gasteiger partial charge in [0, 0.05) is 35.6 Å². The molecule has 1 atom stereocenters. The Hall–Kier alpha value is -3.19. The van der Waals surface area contributed by atoms with Crippen molar-refractivity contribution in [3.05, 3.63) is 53.5 Å². The molecule has 1 aliphatic heterocycles. The SMILES string of the molecule is N=C1CCc2cc(Nc3c(C(=O)NC4CCNC4)oc4cnccc34)ccc21. The lowest BCUT2D eigenvalue weighted by Crippen LogP contribution is -2.36. The maximum absolute atomic E-state index is 12.9. The van der Waals surface area contributed by atoms with Crippen LogP contribution in [-0.4, -0.2) is 35.7 Å². The molecule has 1 aromatic carbocycles. The van der Waals surface area contributed by atoms with Gasteiger partial charge in [-0.15, -0.1) is 0 Å². The van der Waals surface area contributed by atoms with Crippen LogP contribution in [0.1, 0.15) is 34.5 Å². The van der Waals surface area contributed by atoms with Crippen LogP contribution in [0.3, 0.4) is 0 Å². The van der Waals surface area contributed by atoms with Crippen LogP contribution in [0, 0.1) is 5.41 Å². The Labute approximate surface area is 162 Å². The molecule has 2 aromatic heterocycles. The maximum Gasteiger partial charge on any atom is 0.289 e. The second-order valence-corrected chi connectivity index (χ2v) is 7.32. The number of pyridine rings is 1. The molecule has 7 heteroatoms. The minimum absolute atomic E-state index is 0.109. The van der Waals surface area contributed by atoms with Crippen LogP contribution in [0.15, 0.2) is 41.1 Å². The molecule has 3 heterocycles. The summed E-state index contributed by atoms with van der Waals surface area (Å²) in [5.74, 6) is 0.0403. The van der Waals surface area contributed by atoms with Crippen LogP contribution in [0.2, 0.25) is 0 Å². The number of furan rings is 1. The molecule has 2 aliphatic rings. The summed E-state index contributed by atoms with van der Waals surface area (Å²) in [5.41, 5.74) is 4.96. The van der Waals surface area contributed by atoms with Gasteiger partial charge < -0.3 is 25.8 Å². The first kappa shape index (κ1) is 16.9. The molecular weight excluding hydrogens is 354 g/mol. The number of hydrogen-bond acceptors (Lipinski definition) is 6. The first-order valence-electron chi connectivity index (χ1n) is 9.55. The lowest BCUT2D eigenvalue weighted by Gasteiger charge is -2.12. The Morgan fingerprint density at radius 3 is 3.07 bits per heavy atom. The van der Waals surface area contributed by atoms with E-state index < -0.39 is 0 Å². The van der Waals surface area contributed by atoms with E-state index in [1.807, 2.05) is 18.2 Å². The second-order valence-electron chi connectivity index (χ2n) is 7.32. The number of fused-ring (bicyclic) bond motifs is 2. The first-order valence-corrected chi connectivity index (χ1v) is 9.55. The summed E-state index contributed by atoms with van der Waals surface area (Å²) in [4.78, 5) is 17.0. The average Bonchev–Trinajstić information content (AvgIpc) is 3.42. The molecule has 1 aliphatic carbocycles. The summed E-state index contributed by atoms with van der Waals surface area (Å²) in [6.07, 6.45) is 5.88. The number of aromatic nitrogens is 1. The van der Waals surface area contributed by atoms with E-state index in [1.165, 1.54) is 0 Å². The number of anilines is 2. The lowest BCUT2D eigenvalue weighted by molar-refractivity contribution is 0.0915. The van der Waals surface area contributed by atoms with E-state index in [4.69, 9.17) is 9.83 Å². The van der Waals surface area contributed by atoms with Crippen molar-refractivity contribution >= 4 is 34.0 Å². The zero-order valence-electron chi connectivity index (χ0n) is 15.3. The largest absolute Gasteiger partial charge is 0.447 e. The molecule has 0 radical (unpaired) electrons. The summed E-state index contributed by atoms with van der Waals surface area (Å²) in [5, 5.41) is 18.5. The summed E-state index contributed by atoms with van der Waals surface area (Å²) in [7, 11) is 0. The molecule has 5 rings (SSSR count). The number of amides is 1. The van der Waals surface area contributed by atoms with Crippen LogP contribution >= 0.6 is 0 Å². The number of nitrogens with one attached hydrogen (secondary N) is 4. The van der Waals surface area contributed by atoms with Crippen molar-refractivity contribution < 1.29 is 9.21 Å². The summed E-state index contributed by atoms with van der Waals surface area (Å²) < 4.78 is 5.86. The van der Waals surface area contributed by atoms with Crippen molar-refractivity contribution in [2.45, 2.75) is 25.3 Å². The van der Waals surface area contributed by atoms with Gasteiger partial charge in [-0.1, -0.05) is 6.07 Å². The molecule has 0 spiro atoms. The summed E-state index contributed by atoms with van der Waals surface area (Å²) in [6.45, 7) is 1.68. The Morgan fingerprint density at radius 2 is 2.21 bits per heavy atom. The molecule has 4 N–H and O–H groups in total. The van der Waals surface area contributed by atoms with Crippen LogP contribution in [0.5, 0.6) is 0 Å². The molecule has 0 saturated carbocycles. The molecule has 1 fully saturated rings. The van der Waals surface area contributed by atoms with Gasteiger partial charge >= 0.3 is 0 Å². The van der Waals surface area contributed by atoms with Gasteiger partial charge in [-0.05, 0) is 55.1 Å². The van der Waals surface area contributed by atoms with Crippen LogP contribution in [0.25, 0.3) is 11.0 Å². The van der Waals surface area contributed by atoms with Crippen LogP contribution in [-0.2, 0) is 6.42 Å². The Bertz CT molecular complexity index is 1080.